The van der Waals surface area contributed by atoms with E-state index in [-0.39, 0.29) is 17.9 Å². The van der Waals surface area contributed by atoms with Crippen LogP contribution in [0.1, 0.15) is 24.1 Å². The molecule has 3 rings (SSSR count). The van der Waals surface area contributed by atoms with Crippen LogP contribution in [0.5, 0.6) is 0 Å². The molecule has 0 aliphatic rings. The minimum absolute atomic E-state index is 0.206. The molecule has 4 heteroatoms. The molecule has 3 aromatic rings. The summed E-state index contributed by atoms with van der Waals surface area (Å²) in [5.74, 6) is -1.50. The molecule has 0 heterocycles. The molecule has 122 valence electrons. The number of carbonyl (C=O) groups is 1. The van der Waals surface area contributed by atoms with E-state index in [1.54, 1.807) is 6.92 Å². The average Bonchev–Trinajstić information content (AvgIpc) is 2.54. The summed E-state index contributed by atoms with van der Waals surface area (Å²) in [6.45, 7) is 1.68. The molecule has 0 saturated carbocycles. The second-order valence-electron chi connectivity index (χ2n) is 5.81. The summed E-state index contributed by atoms with van der Waals surface area (Å²) >= 11 is 0. The predicted molar refractivity (Wildman–Crippen MR) is 90.6 cm³/mol. The van der Waals surface area contributed by atoms with Crippen LogP contribution in [0.3, 0.4) is 0 Å². The zero-order valence-electron chi connectivity index (χ0n) is 13.2. The Kier molecular flexibility index (Phi) is 4.56. The van der Waals surface area contributed by atoms with Gasteiger partial charge in [-0.15, -0.1) is 0 Å². The summed E-state index contributed by atoms with van der Waals surface area (Å²) in [5, 5.41) is 4.94. The lowest BCUT2D eigenvalue weighted by atomic mass is 10.0. The van der Waals surface area contributed by atoms with Gasteiger partial charge < -0.3 is 5.32 Å². The lowest BCUT2D eigenvalue weighted by Crippen LogP contribution is -2.28. The number of hydrogen-bond acceptors (Lipinski definition) is 1. The Morgan fingerprint density at radius 3 is 2.50 bits per heavy atom. The number of rotatable bonds is 4. The smallest absolute Gasteiger partial charge is 0.224 e. The molecule has 0 unspecified atom stereocenters. The Morgan fingerprint density at radius 1 is 1.00 bits per heavy atom. The lowest BCUT2D eigenvalue weighted by molar-refractivity contribution is -0.121. The highest BCUT2D eigenvalue weighted by atomic mass is 19.1. The highest BCUT2D eigenvalue weighted by molar-refractivity contribution is 5.85. The van der Waals surface area contributed by atoms with Crippen LogP contribution < -0.4 is 5.32 Å². The van der Waals surface area contributed by atoms with Crippen molar-refractivity contribution in [1.82, 2.24) is 5.32 Å². The van der Waals surface area contributed by atoms with Gasteiger partial charge in [-0.3, -0.25) is 4.79 Å². The monoisotopic (exact) mass is 325 g/mol. The molecule has 2 nitrogen and oxygen atoms in total. The minimum atomic E-state index is -0.659. The van der Waals surface area contributed by atoms with Crippen LogP contribution in [-0.4, -0.2) is 5.91 Å². The molecule has 0 aliphatic carbocycles. The third-order valence-electron chi connectivity index (χ3n) is 3.99. The fourth-order valence-electron chi connectivity index (χ4n) is 2.76. The molecular weight excluding hydrogens is 308 g/mol. The first kappa shape index (κ1) is 16.1. The van der Waals surface area contributed by atoms with Gasteiger partial charge in [0.2, 0.25) is 5.91 Å². The summed E-state index contributed by atoms with van der Waals surface area (Å²) in [6.07, 6.45) is 0.206. The van der Waals surface area contributed by atoms with E-state index in [9.17, 15) is 13.6 Å². The third-order valence-corrected chi connectivity index (χ3v) is 3.99. The first-order chi connectivity index (χ1) is 11.5. The molecule has 0 spiro atoms. The molecule has 0 radical (unpaired) electrons. The fraction of sp³-hybridized carbons (Fsp3) is 0.150. The maximum Gasteiger partial charge on any atom is 0.224 e. The second kappa shape index (κ2) is 6.79. The van der Waals surface area contributed by atoms with E-state index < -0.39 is 17.7 Å². The van der Waals surface area contributed by atoms with Crippen LogP contribution >= 0.6 is 0 Å². The summed E-state index contributed by atoms with van der Waals surface area (Å²) in [6, 6.07) is 16.6. The van der Waals surface area contributed by atoms with Crippen molar-refractivity contribution in [3.63, 3.8) is 0 Å². The zero-order valence-corrected chi connectivity index (χ0v) is 13.2. The van der Waals surface area contributed by atoms with Crippen LogP contribution in [-0.2, 0) is 11.2 Å². The number of carbonyl (C=O) groups excluding carboxylic acids is 1. The van der Waals surface area contributed by atoms with E-state index in [1.807, 2.05) is 42.5 Å². The number of nitrogens with one attached hydrogen (secondary N) is 1. The normalized spacial score (nSPS) is 12.1. The van der Waals surface area contributed by atoms with Crippen molar-refractivity contribution < 1.29 is 13.6 Å². The van der Waals surface area contributed by atoms with Gasteiger partial charge in [-0.1, -0.05) is 48.5 Å². The Balaban J connectivity index is 1.69. The van der Waals surface area contributed by atoms with Crippen LogP contribution in [0.25, 0.3) is 10.8 Å². The molecule has 1 amide bonds. The predicted octanol–water partition coefficient (Wildman–Crippen LogP) is 4.54. The third kappa shape index (κ3) is 3.59. The van der Waals surface area contributed by atoms with Crippen molar-refractivity contribution in [2.75, 3.05) is 0 Å². The highest BCUT2D eigenvalue weighted by Crippen LogP contribution is 2.19. The van der Waals surface area contributed by atoms with Crippen molar-refractivity contribution >= 4 is 16.7 Å². The lowest BCUT2D eigenvalue weighted by Gasteiger charge is -2.15. The summed E-state index contributed by atoms with van der Waals surface area (Å²) in [4.78, 5) is 12.2. The number of fused-ring (bicyclic) bond motifs is 1. The van der Waals surface area contributed by atoms with E-state index >= 15 is 0 Å². The van der Waals surface area contributed by atoms with Gasteiger partial charge in [-0.25, -0.2) is 8.78 Å². The summed E-state index contributed by atoms with van der Waals surface area (Å²) < 4.78 is 26.7. The van der Waals surface area contributed by atoms with Crippen molar-refractivity contribution in [1.29, 1.82) is 0 Å². The van der Waals surface area contributed by atoms with E-state index in [0.29, 0.717) is 0 Å². The van der Waals surface area contributed by atoms with Crippen molar-refractivity contribution in [2.45, 2.75) is 19.4 Å². The van der Waals surface area contributed by atoms with Crippen LogP contribution in [0.4, 0.5) is 8.78 Å². The van der Waals surface area contributed by atoms with E-state index in [0.717, 1.165) is 22.4 Å². The van der Waals surface area contributed by atoms with Gasteiger partial charge in [0.05, 0.1) is 12.5 Å². The largest absolute Gasteiger partial charge is 0.349 e. The molecular formula is C20H17F2NO. The first-order valence-corrected chi connectivity index (χ1v) is 7.75. The zero-order chi connectivity index (χ0) is 17.1. The van der Waals surface area contributed by atoms with Crippen molar-refractivity contribution in [2.24, 2.45) is 0 Å². The first-order valence-electron chi connectivity index (χ1n) is 7.75. The maximum atomic E-state index is 13.8. The molecule has 0 bridgehead atoms. The number of benzene rings is 3. The highest BCUT2D eigenvalue weighted by Gasteiger charge is 2.14. The summed E-state index contributed by atoms with van der Waals surface area (Å²) in [5.41, 5.74) is 1.15. The molecule has 1 N–H and O–H groups in total. The Morgan fingerprint density at radius 2 is 1.75 bits per heavy atom. The van der Waals surface area contributed by atoms with Crippen LogP contribution in [0, 0.1) is 11.6 Å². The van der Waals surface area contributed by atoms with E-state index in [2.05, 4.69) is 5.32 Å². The van der Waals surface area contributed by atoms with Crippen molar-refractivity contribution in [3.8, 4) is 0 Å². The average molecular weight is 325 g/mol. The number of amides is 1. The fourth-order valence-corrected chi connectivity index (χ4v) is 2.76. The number of halogens is 2. The maximum absolute atomic E-state index is 13.8. The van der Waals surface area contributed by atoms with E-state index in [1.165, 1.54) is 12.1 Å². The molecule has 0 aliphatic heterocycles. The summed E-state index contributed by atoms with van der Waals surface area (Å²) in [7, 11) is 0. The SMILES string of the molecule is C[C@@H](NC(=O)Cc1ccc2ccccc2c1)c1ccc(F)cc1F. The Hall–Kier alpha value is -2.75. The standard InChI is InChI=1S/C20H17F2NO/c1-13(18-9-8-17(21)12-19(18)22)23-20(24)11-14-6-7-15-4-2-3-5-16(15)10-14/h2-10,12-13H,11H2,1H3,(H,23,24)/t13-/m1/s1. The second-order valence-corrected chi connectivity index (χ2v) is 5.81. The molecule has 1 atom stereocenters. The van der Waals surface area contributed by atoms with Gasteiger partial charge >= 0.3 is 0 Å². The van der Waals surface area contributed by atoms with Gasteiger partial charge in [0.15, 0.2) is 0 Å². The quantitative estimate of drug-likeness (QED) is 0.750. The van der Waals surface area contributed by atoms with Gasteiger partial charge in [-0.2, -0.15) is 0 Å². The number of hydrogen-bond donors (Lipinski definition) is 1. The molecule has 0 saturated heterocycles. The minimum Gasteiger partial charge on any atom is -0.349 e. The molecule has 0 aromatic heterocycles. The van der Waals surface area contributed by atoms with Gasteiger partial charge in [0.1, 0.15) is 11.6 Å². The molecule has 3 aromatic carbocycles. The van der Waals surface area contributed by atoms with Gasteiger partial charge in [0, 0.05) is 11.6 Å². The van der Waals surface area contributed by atoms with Crippen molar-refractivity contribution in [3.05, 3.63) is 83.4 Å². The van der Waals surface area contributed by atoms with Crippen LogP contribution in [0.15, 0.2) is 60.7 Å². The molecule has 24 heavy (non-hydrogen) atoms. The Bertz CT molecular complexity index is 892. The van der Waals surface area contributed by atoms with Gasteiger partial charge in [-0.05, 0) is 29.3 Å². The molecule has 0 fully saturated rings. The van der Waals surface area contributed by atoms with Crippen LogP contribution in [0.2, 0.25) is 0 Å². The van der Waals surface area contributed by atoms with E-state index in [4.69, 9.17) is 0 Å². The Labute approximate surface area is 139 Å². The van der Waals surface area contributed by atoms with Gasteiger partial charge in [0.25, 0.3) is 0 Å². The topological polar surface area (TPSA) is 29.1 Å².